The monoisotopic (exact) mass is 187 g/mol. The summed E-state index contributed by atoms with van der Waals surface area (Å²) >= 11 is 0. The number of ketones is 1. The molecule has 0 aromatic heterocycles. The van der Waals surface area contributed by atoms with Crippen molar-refractivity contribution in [2.24, 2.45) is 11.8 Å². The molecule has 2 atom stereocenters. The van der Waals surface area contributed by atoms with E-state index < -0.39 is 0 Å². The maximum atomic E-state index is 11.5. The third kappa shape index (κ3) is 2.84. The molecule has 0 saturated carbocycles. The van der Waals surface area contributed by atoms with Crippen LogP contribution in [0.25, 0.3) is 0 Å². The second kappa shape index (κ2) is 4.34. The first-order chi connectivity index (χ1) is 5.59. The van der Waals surface area contributed by atoms with Crippen molar-refractivity contribution < 1.29 is 4.79 Å². The summed E-state index contributed by atoms with van der Waals surface area (Å²) < 4.78 is 2.03. The average molecular weight is 187 g/mol. The normalized spacial score (nSPS) is 26.7. The van der Waals surface area contributed by atoms with E-state index in [2.05, 4.69) is 23.2 Å². The molecule has 1 fully saturated rings. The predicted octanol–water partition coefficient (Wildman–Crippen LogP) is 1.71. The van der Waals surface area contributed by atoms with Crippen LogP contribution in [0.1, 0.15) is 26.7 Å². The number of carbonyl (C=O) groups is 1. The van der Waals surface area contributed by atoms with Gasteiger partial charge in [0.1, 0.15) is 5.78 Å². The highest BCUT2D eigenvalue weighted by Crippen LogP contribution is 2.22. The number of carbonyl (C=O) groups excluding carboxylic acids is 1. The van der Waals surface area contributed by atoms with Crippen LogP contribution in [-0.4, -0.2) is 23.5 Å². The van der Waals surface area contributed by atoms with Crippen LogP contribution < -0.4 is 0 Å². The van der Waals surface area contributed by atoms with Gasteiger partial charge in [-0.2, -0.15) is 0 Å². The van der Waals surface area contributed by atoms with Gasteiger partial charge in [0.25, 0.3) is 0 Å². The van der Waals surface area contributed by atoms with Gasteiger partial charge >= 0.3 is 0 Å². The summed E-state index contributed by atoms with van der Waals surface area (Å²) in [7, 11) is 2.60. The molecule has 1 rings (SSSR count). The second-order valence-corrected chi connectivity index (χ2v) is 4.78. The van der Waals surface area contributed by atoms with Crippen molar-refractivity contribution in [2.75, 3.05) is 13.1 Å². The molecule has 0 radical (unpaired) electrons. The van der Waals surface area contributed by atoms with E-state index in [0.29, 0.717) is 24.2 Å². The highest BCUT2D eigenvalue weighted by Gasteiger charge is 2.25. The first-order valence-corrected chi connectivity index (χ1v) is 5.13. The molecule has 1 aliphatic rings. The van der Waals surface area contributed by atoms with E-state index in [-0.39, 0.29) is 0 Å². The topological polar surface area (TPSA) is 20.3 Å². The lowest BCUT2D eigenvalue weighted by molar-refractivity contribution is -0.125. The van der Waals surface area contributed by atoms with Crippen molar-refractivity contribution in [1.29, 1.82) is 0 Å². The highest BCUT2D eigenvalue weighted by molar-refractivity contribution is 7.13. The zero-order valence-electron chi connectivity index (χ0n) is 7.92. The van der Waals surface area contributed by atoms with Gasteiger partial charge in [0.05, 0.1) is 6.54 Å². The summed E-state index contributed by atoms with van der Waals surface area (Å²) in [5.74, 6) is 1.40. The fourth-order valence-electron chi connectivity index (χ4n) is 1.71. The van der Waals surface area contributed by atoms with Crippen LogP contribution in [-0.2, 0) is 4.79 Å². The molecule has 1 saturated heterocycles. The Morgan fingerprint density at radius 1 is 1.67 bits per heavy atom. The molecule has 0 amide bonds. The number of hydrogen-bond acceptors (Lipinski definition) is 2. The quantitative estimate of drug-likeness (QED) is 0.613. The van der Waals surface area contributed by atoms with E-state index in [1.54, 1.807) is 0 Å². The maximum absolute atomic E-state index is 11.5. The molecule has 0 aromatic carbocycles. The minimum absolute atomic E-state index is 0.335. The summed E-state index contributed by atoms with van der Waals surface area (Å²) in [4.78, 5) is 11.5. The van der Waals surface area contributed by atoms with Gasteiger partial charge in [-0.25, -0.2) is 0 Å². The largest absolute Gasteiger partial charge is 0.298 e. The number of hydrogen-bond donors (Lipinski definition) is 0. The van der Waals surface area contributed by atoms with Gasteiger partial charge < -0.3 is 0 Å². The van der Waals surface area contributed by atoms with Crippen molar-refractivity contribution in [1.82, 2.24) is 4.67 Å². The number of rotatable bonds is 2. The van der Waals surface area contributed by atoms with Gasteiger partial charge in [0, 0.05) is 12.5 Å². The first-order valence-electron chi connectivity index (χ1n) is 4.62. The van der Waals surface area contributed by atoms with Crippen molar-refractivity contribution in [2.45, 2.75) is 26.7 Å². The van der Waals surface area contributed by atoms with Crippen LogP contribution >= 0.6 is 9.39 Å². The van der Waals surface area contributed by atoms with E-state index in [1.165, 1.54) is 0 Å². The Hall–Kier alpha value is 0.0600. The molecule has 1 aliphatic heterocycles. The molecule has 70 valence electrons. The summed E-state index contributed by atoms with van der Waals surface area (Å²) in [5, 5.41) is 0. The van der Waals surface area contributed by atoms with E-state index in [0.717, 1.165) is 19.4 Å². The summed E-state index contributed by atoms with van der Waals surface area (Å²) in [6.45, 7) is 6.04. The number of nitrogens with zero attached hydrogens (tertiary/aromatic N) is 1. The van der Waals surface area contributed by atoms with Crippen LogP contribution in [0.15, 0.2) is 0 Å². The molecule has 0 bridgehead atoms. The maximum Gasteiger partial charge on any atom is 0.150 e. The lowest BCUT2D eigenvalue weighted by atomic mass is 9.88. The molecule has 2 unspecified atom stereocenters. The van der Waals surface area contributed by atoms with E-state index in [4.69, 9.17) is 0 Å². The molecule has 0 aromatic rings. The Morgan fingerprint density at radius 3 is 2.83 bits per heavy atom. The van der Waals surface area contributed by atoms with Gasteiger partial charge in [0.15, 0.2) is 0 Å². The summed E-state index contributed by atoms with van der Waals surface area (Å²) in [6.07, 6.45) is 2.11. The molecule has 0 N–H and O–H groups in total. The first kappa shape index (κ1) is 10.1. The Kier molecular flexibility index (Phi) is 3.67. The van der Waals surface area contributed by atoms with Crippen molar-refractivity contribution >= 4 is 15.2 Å². The van der Waals surface area contributed by atoms with Crippen molar-refractivity contribution in [3.8, 4) is 0 Å². The predicted molar refractivity (Wildman–Crippen MR) is 53.9 cm³/mol. The van der Waals surface area contributed by atoms with Gasteiger partial charge in [-0.3, -0.25) is 9.46 Å². The van der Waals surface area contributed by atoms with Crippen LogP contribution in [0.3, 0.4) is 0 Å². The van der Waals surface area contributed by atoms with Crippen LogP contribution in [0.5, 0.6) is 0 Å². The number of Topliss-reactive ketones (excluding diaryl/α,β-unsaturated/α-hetero) is 1. The van der Waals surface area contributed by atoms with E-state index in [9.17, 15) is 4.79 Å². The van der Waals surface area contributed by atoms with Crippen LogP contribution in [0.2, 0.25) is 0 Å². The average Bonchev–Trinajstić information content (AvgIpc) is 1.94. The molecule has 3 heteroatoms. The fourth-order valence-corrected chi connectivity index (χ4v) is 2.04. The van der Waals surface area contributed by atoms with Gasteiger partial charge in [-0.05, 0) is 18.8 Å². The van der Waals surface area contributed by atoms with Crippen LogP contribution in [0.4, 0.5) is 0 Å². The molecule has 12 heavy (non-hydrogen) atoms. The van der Waals surface area contributed by atoms with Gasteiger partial charge in [-0.15, -0.1) is 0 Å². The zero-order chi connectivity index (χ0) is 9.14. The Bertz CT molecular complexity index is 170. The highest BCUT2D eigenvalue weighted by atomic mass is 31.0. The molecule has 1 heterocycles. The number of piperidine rings is 1. The van der Waals surface area contributed by atoms with E-state index in [1.807, 2.05) is 4.67 Å². The lowest BCUT2D eigenvalue weighted by Gasteiger charge is -2.28. The molecule has 0 spiro atoms. The summed E-state index contributed by atoms with van der Waals surface area (Å²) in [5.41, 5.74) is 0. The minimum Gasteiger partial charge on any atom is -0.298 e. The Labute approximate surface area is 77.0 Å². The fraction of sp³-hybridized carbons (Fsp3) is 0.889. The van der Waals surface area contributed by atoms with Gasteiger partial charge in [-0.1, -0.05) is 23.2 Å². The second-order valence-electron chi connectivity index (χ2n) is 4.05. The Balaban J connectivity index is 2.40. The summed E-state index contributed by atoms with van der Waals surface area (Å²) in [6, 6.07) is 0. The lowest BCUT2D eigenvalue weighted by Crippen LogP contribution is -2.35. The smallest absolute Gasteiger partial charge is 0.150 e. The standard InChI is InChI=1S/C9H18NOP/c1-7(2)5-8-3-4-10(12)6-9(8)11/h7-8H,3-6,12H2,1-2H3. The van der Waals surface area contributed by atoms with Gasteiger partial charge in [0.2, 0.25) is 0 Å². The minimum atomic E-state index is 0.335. The van der Waals surface area contributed by atoms with Crippen LogP contribution in [0, 0.1) is 11.8 Å². The molecular weight excluding hydrogens is 169 g/mol. The zero-order valence-corrected chi connectivity index (χ0v) is 9.07. The SMILES string of the molecule is CC(C)CC1CCN(P)CC1=O. The van der Waals surface area contributed by atoms with Crippen molar-refractivity contribution in [3.63, 3.8) is 0 Å². The third-order valence-electron chi connectivity index (χ3n) is 2.33. The third-order valence-corrected chi connectivity index (χ3v) is 2.78. The molecule has 0 aliphatic carbocycles. The Morgan fingerprint density at radius 2 is 2.33 bits per heavy atom. The van der Waals surface area contributed by atoms with E-state index >= 15 is 0 Å². The molecule has 2 nitrogen and oxygen atoms in total. The van der Waals surface area contributed by atoms with Crippen molar-refractivity contribution in [3.05, 3.63) is 0 Å². The molecular formula is C9H18NOP.